The van der Waals surface area contributed by atoms with Gasteiger partial charge in [-0.05, 0) is 6.42 Å². The molecule has 1 rings (SSSR count). The van der Waals surface area contributed by atoms with E-state index < -0.39 is 12.0 Å². The number of thioether (sulfide) groups is 1. The van der Waals surface area contributed by atoms with Crippen molar-refractivity contribution in [2.24, 2.45) is 0 Å². The second kappa shape index (κ2) is 6.70. The largest absolute Gasteiger partial charge is 0.480 e. The topological polar surface area (TPSA) is 70.1 Å². The first-order valence-electron chi connectivity index (χ1n) is 5.39. The van der Waals surface area contributed by atoms with Gasteiger partial charge >= 0.3 is 12.0 Å². The fraction of sp³-hybridized carbons (Fsp3) is 0.800. The molecule has 0 bridgehead atoms. The minimum atomic E-state index is -0.936. The summed E-state index contributed by atoms with van der Waals surface area (Å²) in [5, 5.41) is 8.98. The fourth-order valence-electron chi connectivity index (χ4n) is 1.60. The minimum absolute atomic E-state index is 0.224. The molecule has 1 fully saturated rings. The average Bonchev–Trinajstić information content (AvgIpc) is 2.77. The van der Waals surface area contributed by atoms with E-state index in [4.69, 9.17) is 9.84 Å². The maximum absolute atomic E-state index is 12.0. The van der Waals surface area contributed by atoms with E-state index in [1.54, 1.807) is 19.1 Å². The molecule has 1 N–H and O–H groups in total. The molecule has 7 heteroatoms. The van der Waals surface area contributed by atoms with Gasteiger partial charge in [0.2, 0.25) is 0 Å². The number of ether oxygens (including phenoxy) is 1. The summed E-state index contributed by atoms with van der Waals surface area (Å²) in [4.78, 5) is 25.9. The molecule has 17 heavy (non-hydrogen) atoms. The van der Waals surface area contributed by atoms with Crippen molar-refractivity contribution in [2.45, 2.75) is 12.5 Å². The van der Waals surface area contributed by atoms with Crippen molar-refractivity contribution in [1.29, 1.82) is 0 Å². The molecule has 0 unspecified atom stereocenters. The third-order valence-corrected chi connectivity index (χ3v) is 3.59. The Bertz CT molecular complexity index is 287. The molecule has 0 saturated carbocycles. The Morgan fingerprint density at radius 2 is 2.29 bits per heavy atom. The van der Waals surface area contributed by atoms with Crippen LogP contribution in [0.2, 0.25) is 0 Å². The predicted octanol–water partition coefficient (Wildman–Crippen LogP) is 0.534. The Morgan fingerprint density at radius 1 is 1.59 bits per heavy atom. The van der Waals surface area contributed by atoms with Gasteiger partial charge in [-0.3, -0.25) is 0 Å². The van der Waals surface area contributed by atoms with Crippen molar-refractivity contribution in [3.63, 3.8) is 0 Å². The molecule has 1 saturated heterocycles. The first-order chi connectivity index (χ1) is 8.07. The van der Waals surface area contributed by atoms with Gasteiger partial charge in [0.15, 0.2) is 0 Å². The van der Waals surface area contributed by atoms with Gasteiger partial charge in [0.05, 0.1) is 5.88 Å². The number of hydrogen-bond acceptors (Lipinski definition) is 4. The number of methoxy groups -OCH3 is 1. The summed E-state index contributed by atoms with van der Waals surface area (Å²) in [6.07, 6.45) is 0.747. The van der Waals surface area contributed by atoms with Gasteiger partial charge < -0.3 is 19.6 Å². The van der Waals surface area contributed by atoms with Crippen molar-refractivity contribution >= 4 is 23.8 Å². The standard InChI is InChI=1S/C10H18N2O4S/c1-11(4-3-5-16-2)10(15)12-7-17-6-8(12)9(13)14/h8H,3-7H2,1-2H3,(H,13,14)/t8-/m0/s1. The summed E-state index contributed by atoms with van der Waals surface area (Å²) in [7, 11) is 3.29. The van der Waals surface area contributed by atoms with Crippen molar-refractivity contribution in [3.05, 3.63) is 0 Å². The van der Waals surface area contributed by atoms with Crippen molar-refractivity contribution in [3.8, 4) is 0 Å². The van der Waals surface area contributed by atoms with Gasteiger partial charge in [-0.25, -0.2) is 9.59 Å². The lowest BCUT2D eigenvalue weighted by molar-refractivity contribution is -0.140. The lowest BCUT2D eigenvalue weighted by atomic mass is 10.3. The molecule has 6 nitrogen and oxygen atoms in total. The maximum Gasteiger partial charge on any atom is 0.327 e. The first-order valence-corrected chi connectivity index (χ1v) is 6.54. The molecule has 1 aliphatic rings. The lowest BCUT2D eigenvalue weighted by Crippen LogP contribution is -2.47. The summed E-state index contributed by atoms with van der Waals surface area (Å²) in [5.41, 5.74) is 0. The van der Waals surface area contributed by atoms with Crippen LogP contribution in [0.4, 0.5) is 4.79 Å². The van der Waals surface area contributed by atoms with Crippen LogP contribution in [0.25, 0.3) is 0 Å². The van der Waals surface area contributed by atoms with Crippen LogP contribution < -0.4 is 0 Å². The van der Waals surface area contributed by atoms with Crippen molar-refractivity contribution in [1.82, 2.24) is 9.80 Å². The van der Waals surface area contributed by atoms with Crippen LogP contribution in [-0.2, 0) is 9.53 Å². The van der Waals surface area contributed by atoms with Gasteiger partial charge in [-0.2, -0.15) is 0 Å². The third kappa shape index (κ3) is 3.78. The number of aliphatic carboxylic acids is 1. The Kier molecular flexibility index (Phi) is 5.57. The molecule has 0 spiro atoms. The molecule has 0 radical (unpaired) electrons. The summed E-state index contributed by atoms with van der Waals surface area (Å²) in [6.45, 7) is 1.16. The monoisotopic (exact) mass is 262 g/mol. The molecule has 98 valence electrons. The molecular formula is C10H18N2O4S. The average molecular weight is 262 g/mol. The van der Waals surface area contributed by atoms with Gasteiger partial charge in [0, 0.05) is 33.1 Å². The molecule has 0 aromatic heterocycles. The quantitative estimate of drug-likeness (QED) is 0.732. The molecule has 1 heterocycles. The molecule has 2 amide bonds. The summed E-state index contributed by atoms with van der Waals surface area (Å²) in [6, 6.07) is -0.920. The molecule has 0 aromatic carbocycles. The van der Waals surface area contributed by atoms with Crippen LogP contribution in [0.3, 0.4) is 0 Å². The SMILES string of the molecule is COCCCN(C)C(=O)N1CSC[C@H]1C(=O)O. The number of hydrogen-bond donors (Lipinski definition) is 1. The summed E-state index contributed by atoms with van der Waals surface area (Å²) in [5.74, 6) is -0.0224. The highest BCUT2D eigenvalue weighted by atomic mass is 32.2. The van der Waals surface area contributed by atoms with Gasteiger partial charge in [0.25, 0.3) is 0 Å². The Labute approximate surface area is 105 Å². The number of amides is 2. The van der Waals surface area contributed by atoms with E-state index in [1.165, 1.54) is 16.7 Å². The number of urea groups is 1. The molecule has 1 atom stereocenters. The number of carbonyl (C=O) groups is 2. The second-order valence-electron chi connectivity index (χ2n) is 3.87. The van der Waals surface area contributed by atoms with Crippen molar-refractivity contribution < 1.29 is 19.4 Å². The highest BCUT2D eigenvalue weighted by Crippen LogP contribution is 2.22. The van der Waals surface area contributed by atoms with E-state index in [2.05, 4.69) is 0 Å². The first kappa shape index (κ1) is 14.1. The third-order valence-electron chi connectivity index (χ3n) is 2.58. The number of carbonyl (C=O) groups excluding carboxylic acids is 1. The Morgan fingerprint density at radius 3 is 2.88 bits per heavy atom. The van der Waals surface area contributed by atoms with Crippen LogP contribution in [0.5, 0.6) is 0 Å². The van der Waals surface area contributed by atoms with E-state index in [-0.39, 0.29) is 6.03 Å². The molecule has 0 aromatic rings. The number of carboxylic acid groups (broad SMARTS) is 1. The highest BCUT2D eigenvalue weighted by molar-refractivity contribution is 7.99. The normalized spacial score (nSPS) is 19.4. The zero-order chi connectivity index (χ0) is 12.8. The number of carboxylic acids is 1. The van der Waals surface area contributed by atoms with E-state index >= 15 is 0 Å². The van der Waals surface area contributed by atoms with Crippen LogP contribution >= 0.6 is 11.8 Å². The number of rotatable bonds is 5. The van der Waals surface area contributed by atoms with Crippen LogP contribution in [0.1, 0.15) is 6.42 Å². The predicted molar refractivity (Wildman–Crippen MR) is 65.1 cm³/mol. The Balaban J connectivity index is 2.47. The second-order valence-corrected chi connectivity index (χ2v) is 4.87. The van der Waals surface area contributed by atoms with Gasteiger partial charge in [-0.15, -0.1) is 11.8 Å². The number of nitrogens with zero attached hydrogens (tertiary/aromatic N) is 2. The van der Waals surface area contributed by atoms with E-state index in [0.717, 1.165) is 6.42 Å². The summed E-state index contributed by atoms with van der Waals surface area (Å²) < 4.78 is 4.91. The summed E-state index contributed by atoms with van der Waals surface area (Å²) >= 11 is 1.47. The maximum atomic E-state index is 12.0. The van der Waals surface area contributed by atoms with Crippen molar-refractivity contribution in [2.75, 3.05) is 38.9 Å². The molecular weight excluding hydrogens is 244 g/mol. The van der Waals surface area contributed by atoms with Gasteiger partial charge in [-0.1, -0.05) is 0 Å². The fourth-order valence-corrected chi connectivity index (χ4v) is 2.74. The Hall–Kier alpha value is -0.950. The zero-order valence-electron chi connectivity index (χ0n) is 10.1. The molecule has 0 aliphatic carbocycles. The van der Waals surface area contributed by atoms with Crippen LogP contribution in [0, 0.1) is 0 Å². The molecule has 1 aliphatic heterocycles. The smallest absolute Gasteiger partial charge is 0.327 e. The van der Waals surface area contributed by atoms with E-state index in [1.807, 2.05) is 0 Å². The highest BCUT2D eigenvalue weighted by Gasteiger charge is 2.35. The lowest BCUT2D eigenvalue weighted by Gasteiger charge is -2.26. The van der Waals surface area contributed by atoms with Crippen LogP contribution in [0.15, 0.2) is 0 Å². The van der Waals surface area contributed by atoms with Gasteiger partial charge in [0.1, 0.15) is 6.04 Å². The van der Waals surface area contributed by atoms with Crippen LogP contribution in [-0.4, -0.2) is 71.9 Å². The minimum Gasteiger partial charge on any atom is -0.480 e. The zero-order valence-corrected chi connectivity index (χ0v) is 10.9. The van der Waals surface area contributed by atoms with E-state index in [9.17, 15) is 9.59 Å². The van der Waals surface area contributed by atoms with E-state index in [0.29, 0.717) is 24.8 Å².